The van der Waals surface area contributed by atoms with E-state index in [-0.39, 0.29) is 0 Å². The number of hydrogen-bond acceptors (Lipinski definition) is 2. The second-order valence-corrected chi connectivity index (χ2v) is 4.33. The quantitative estimate of drug-likeness (QED) is 0.449. The Labute approximate surface area is 118 Å². The van der Waals surface area contributed by atoms with Crippen LogP contribution in [0.2, 0.25) is 5.02 Å². The molecule has 0 bridgehead atoms. The van der Waals surface area contributed by atoms with Crippen LogP contribution in [-0.4, -0.2) is 12.8 Å². The number of hydrogen-bond donors (Lipinski definition) is 0. The second kappa shape index (κ2) is 7.39. The molecule has 2 rings (SSSR count). The van der Waals surface area contributed by atoms with Crippen LogP contribution in [0.1, 0.15) is 11.1 Å². The Morgan fingerprint density at radius 1 is 1.00 bits per heavy atom. The smallest absolute Gasteiger partial charge is 0.135 e. The van der Waals surface area contributed by atoms with Gasteiger partial charge in [-0.1, -0.05) is 65.3 Å². The van der Waals surface area contributed by atoms with E-state index in [4.69, 9.17) is 16.4 Å². The lowest BCUT2D eigenvalue weighted by molar-refractivity contribution is 0.177. The predicted octanol–water partition coefficient (Wildman–Crippen LogP) is 4.40. The average molecular weight is 272 g/mol. The highest BCUT2D eigenvalue weighted by Gasteiger charge is 1.88. The van der Waals surface area contributed by atoms with E-state index in [9.17, 15) is 0 Å². The molecule has 3 heteroatoms. The van der Waals surface area contributed by atoms with Crippen molar-refractivity contribution in [1.82, 2.24) is 0 Å². The Kier molecular flexibility index (Phi) is 5.20. The fourth-order valence-electron chi connectivity index (χ4n) is 1.52. The molecular weight excluding hydrogens is 258 g/mol. The third-order valence-corrected chi connectivity index (χ3v) is 2.64. The van der Waals surface area contributed by atoms with Gasteiger partial charge in [0.05, 0.1) is 6.21 Å². The minimum atomic E-state index is 0.426. The van der Waals surface area contributed by atoms with E-state index in [1.165, 1.54) is 0 Å². The zero-order valence-electron chi connectivity index (χ0n) is 10.4. The number of nitrogens with zero attached hydrogens (tertiary/aromatic N) is 1. The first-order valence-corrected chi connectivity index (χ1v) is 6.35. The maximum Gasteiger partial charge on any atom is 0.135 e. The Balaban J connectivity index is 1.76. The second-order valence-electron chi connectivity index (χ2n) is 3.90. The maximum absolute atomic E-state index is 5.89. The van der Waals surface area contributed by atoms with Crippen molar-refractivity contribution in [3.8, 4) is 0 Å². The van der Waals surface area contributed by atoms with Crippen LogP contribution in [0.15, 0.2) is 65.8 Å². The van der Waals surface area contributed by atoms with Gasteiger partial charge in [-0.15, -0.1) is 0 Å². The van der Waals surface area contributed by atoms with Crippen LogP contribution in [0.25, 0.3) is 6.08 Å². The molecule has 0 aromatic heterocycles. The summed E-state index contributed by atoms with van der Waals surface area (Å²) in [6.45, 7) is 0.426. The van der Waals surface area contributed by atoms with Crippen LogP contribution in [0, 0.1) is 0 Å². The highest BCUT2D eigenvalue weighted by Crippen LogP contribution is 2.11. The van der Waals surface area contributed by atoms with Crippen LogP contribution >= 0.6 is 11.6 Å². The Morgan fingerprint density at radius 3 is 2.58 bits per heavy atom. The van der Waals surface area contributed by atoms with Gasteiger partial charge in [-0.2, -0.15) is 0 Å². The van der Waals surface area contributed by atoms with Crippen molar-refractivity contribution in [2.24, 2.45) is 5.16 Å². The lowest BCUT2D eigenvalue weighted by Gasteiger charge is -1.95. The molecular formula is C16H14ClNO. The molecule has 0 atom stereocenters. The molecule has 2 aromatic carbocycles. The molecule has 0 spiro atoms. The van der Waals surface area contributed by atoms with Gasteiger partial charge in [0.1, 0.15) is 6.61 Å². The van der Waals surface area contributed by atoms with Gasteiger partial charge in [-0.3, -0.25) is 0 Å². The number of halogens is 1. The summed E-state index contributed by atoms with van der Waals surface area (Å²) >= 11 is 5.89. The van der Waals surface area contributed by atoms with E-state index >= 15 is 0 Å². The van der Waals surface area contributed by atoms with Crippen molar-refractivity contribution in [2.45, 2.75) is 0 Å². The molecule has 2 nitrogen and oxygen atoms in total. The summed E-state index contributed by atoms with van der Waals surface area (Å²) in [5, 5.41) is 4.62. The minimum absolute atomic E-state index is 0.426. The Hall–Kier alpha value is -2.06. The van der Waals surface area contributed by atoms with Crippen molar-refractivity contribution >= 4 is 23.9 Å². The van der Waals surface area contributed by atoms with Gasteiger partial charge in [0.25, 0.3) is 0 Å². The normalized spacial score (nSPS) is 11.2. The maximum atomic E-state index is 5.89. The molecule has 2 aromatic rings. The van der Waals surface area contributed by atoms with Gasteiger partial charge in [0.15, 0.2) is 0 Å². The largest absolute Gasteiger partial charge is 0.392 e. The Morgan fingerprint density at radius 2 is 1.79 bits per heavy atom. The topological polar surface area (TPSA) is 21.6 Å². The van der Waals surface area contributed by atoms with Crippen molar-refractivity contribution in [1.29, 1.82) is 0 Å². The summed E-state index contributed by atoms with van der Waals surface area (Å²) in [7, 11) is 0. The lowest BCUT2D eigenvalue weighted by Crippen LogP contribution is -1.85. The summed E-state index contributed by atoms with van der Waals surface area (Å²) in [4.78, 5) is 5.14. The summed E-state index contributed by atoms with van der Waals surface area (Å²) in [5.41, 5.74) is 2.06. The third kappa shape index (κ3) is 4.98. The highest BCUT2D eigenvalue weighted by molar-refractivity contribution is 6.30. The van der Waals surface area contributed by atoms with Crippen molar-refractivity contribution in [3.05, 3.63) is 76.8 Å². The van der Waals surface area contributed by atoms with E-state index in [0.717, 1.165) is 16.1 Å². The molecule has 0 fully saturated rings. The predicted molar refractivity (Wildman–Crippen MR) is 80.5 cm³/mol. The lowest BCUT2D eigenvalue weighted by atomic mass is 10.2. The van der Waals surface area contributed by atoms with E-state index in [0.29, 0.717) is 6.61 Å². The fraction of sp³-hybridized carbons (Fsp3) is 0.0625. The summed E-state index contributed by atoms with van der Waals surface area (Å²) in [5.74, 6) is 0. The summed E-state index contributed by atoms with van der Waals surface area (Å²) in [6, 6.07) is 17.5. The molecule has 0 radical (unpaired) electrons. The molecule has 0 heterocycles. The van der Waals surface area contributed by atoms with Gasteiger partial charge < -0.3 is 4.84 Å². The van der Waals surface area contributed by atoms with Crippen molar-refractivity contribution < 1.29 is 4.84 Å². The standard InChI is InChI=1S/C16H14ClNO/c17-16-10-4-8-14(12-16)9-5-11-19-18-13-15-6-2-1-3-7-15/h1-10,12-13H,11H2/b9-5+,18-13+. The molecule has 0 amide bonds. The van der Waals surface area contributed by atoms with Crippen molar-refractivity contribution in [2.75, 3.05) is 6.61 Å². The zero-order chi connectivity index (χ0) is 13.3. The van der Waals surface area contributed by atoms with E-state index in [1.807, 2.05) is 66.7 Å². The van der Waals surface area contributed by atoms with Gasteiger partial charge in [-0.05, 0) is 29.3 Å². The van der Waals surface area contributed by atoms with E-state index in [2.05, 4.69) is 5.16 Å². The van der Waals surface area contributed by atoms with Crippen LogP contribution in [0.4, 0.5) is 0 Å². The summed E-state index contributed by atoms with van der Waals surface area (Å²) in [6.07, 6.45) is 5.53. The highest BCUT2D eigenvalue weighted by atomic mass is 35.5. The summed E-state index contributed by atoms with van der Waals surface area (Å²) < 4.78 is 0. The molecule has 0 aliphatic heterocycles. The average Bonchev–Trinajstić information content (AvgIpc) is 2.44. The number of rotatable bonds is 5. The molecule has 96 valence electrons. The molecule has 0 unspecified atom stereocenters. The number of benzene rings is 2. The third-order valence-electron chi connectivity index (χ3n) is 2.41. The molecule has 0 saturated heterocycles. The van der Waals surface area contributed by atoms with Gasteiger partial charge in [0, 0.05) is 5.02 Å². The fourth-order valence-corrected chi connectivity index (χ4v) is 1.72. The molecule has 0 aliphatic carbocycles. The zero-order valence-corrected chi connectivity index (χ0v) is 11.1. The van der Waals surface area contributed by atoms with Gasteiger partial charge in [0.2, 0.25) is 0 Å². The molecule has 0 saturated carbocycles. The van der Waals surface area contributed by atoms with Gasteiger partial charge >= 0.3 is 0 Å². The molecule has 0 N–H and O–H groups in total. The van der Waals surface area contributed by atoms with Crippen molar-refractivity contribution in [3.63, 3.8) is 0 Å². The van der Waals surface area contributed by atoms with E-state index < -0.39 is 0 Å². The SMILES string of the molecule is Clc1cccc(/C=C/CO/N=C/c2ccccc2)c1. The van der Waals surface area contributed by atoms with Crippen LogP contribution in [0.3, 0.4) is 0 Å². The first-order chi connectivity index (χ1) is 9.34. The van der Waals surface area contributed by atoms with Crippen LogP contribution in [-0.2, 0) is 4.84 Å². The van der Waals surface area contributed by atoms with E-state index in [1.54, 1.807) is 6.21 Å². The molecule has 19 heavy (non-hydrogen) atoms. The minimum Gasteiger partial charge on any atom is -0.392 e. The van der Waals surface area contributed by atoms with Gasteiger partial charge in [-0.25, -0.2) is 0 Å². The Bertz CT molecular complexity index is 564. The van der Waals surface area contributed by atoms with Crippen LogP contribution < -0.4 is 0 Å². The molecule has 0 aliphatic rings. The number of oxime groups is 1. The van der Waals surface area contributed by atoms with Crippen LogP contribution in [0.5, 0.6) is 0 Å². The first kappa shape index (κ1) is 13.4. The monoisotopic (exact) mass is 271 g/mol. The first-order valence-electron chi connectivity index (χ1n) is 5.97.